The highest BCUT2D eigenvalue weighted by atomic mass is 16.4. The van der Waals surface area contributed by atoms with E-state index >= 15 is 0 Å². The summed E-state index contributed by atoms with van der Waals surface area (Å²) in [5, 5.41) is 22.7. The van der Waals surface area contributed by atoms with E-state index in [1.165, 1.54) is 0 Å². The third kappa shape index (κ3) is 3.31. The Morgan fingerprint density at radius 2 is 2.20 bits per heavy atom. The van der Waals surface area contributed by atoms with Crippen LogP contribution in [0.3, 0.4) is 0 Å². The van der Waals surface area contributed by atoms with Crippen LogP contribution < -0.4 is 0 Å². The van der Waals surface area contributed by atoms with E-state index in [0.29, 0.717) is 12.4 Å². The predicted octanol–water partition coefficient (Wildman–Crippen LogP) is 0.754. The molecule has 1 aromatic heterocycles. The zero-order chi connectivity index (χ0) is 14.8. The number of hydrogen-bond donors (Lipinski definition) is 2. The predicted molar refractivity (Wildman–Crippen MR) is 68.5 cm³/mol. The Kier molecular flexibility index (Phi) is 4.01. The first kappa shape index (κ1) is 14.4. The van der Waals surface area contributed by atoms with Crippen LogP contribution in [-0.2, 0) is 9.59 Å². The molecule has 0 radical (unpaired) electrons. The Bertz CT molecular complexity index is 485. The zero-order valence-corrected chi connectivity index (χ0v) is 11.7. The number of H-pyrrole nitrogens is 1. The Hall–Kier alpha value is -1.99. The molecular formula is C12H19N5O3. The van der Waals surface area contributed by atoms with Gasteiger partial charge in [-0.2, -0.15) is 5.21 Å². The lowest BCUT2D eigenvalue weighted by Gasteiger charge is -2.28. The number of aromatic amines is 1. The molecule has 0 bridgehead atoms. The van der Waals surface area contributed by atoms with Crippen molar-refractivity contribution in [1.82, 2.24) is 25.5 Å². The van der Waals surface area contributed by atoms with Gasteiger partial charge in [0.25, 0.3) is 0 Å². The van der Waals surface area contributed by atoms with Gasteiger partial charge < -0.3 is 10.0 Å². The highest BCUT2D eigenvalue weighted by Crippen LogP contribution is 2.33. The molecule has 0 spiro atoms. The van der Waals surface area contributed by atoms with Crippen molar-refractivity contribution in [3.8, 4) is 0 Å². The number of nitrogens with zero attached hydrogens (tertiary/aromatic N) is 4. The summed E-state index contributed by atoms with van der Waals surface area (Å²) in [5.41, 5.74) is -0.562. The SMILES string of the molecule is CC(C)(CC(=O)O)CC(=O)N1CCCC1c1nn[nH]n1. The van der Waals surface area contributed by atoms with Crippen molar-refractivity contribution in [2.45, 2.75) is 45.6 Å². The molecule has 0 aliphatic carbocycles. The summed E-state index contributed by atoms with van der Waals surface area (Å²) >= 11 is 0. The second kappa shape index (κ2) is 5.56. The number of hydrogen-bond acceptors (Lipinski definition) is 5. The largest absolute Gasteiger partial charge is 0.481 e. The van der Waals surface area contributed by atoms with Crippen LogP contribution in [0.2, 0.25) is 0 Å². The number of aliphatic carboxylic acids is 1. The summed E-state index contributed by atoms with van der Waals surface area (Å²) in [6, 6.07) is -0.151. The molecule has 1 aliphatic rings. The lowest BCUT2D eigenvalue weighted by atomic mass is 9.85. The Morgan fingerprint density at radius 3 is 2.80 bits per heavy atom. The van der Waals surface area contributed by atoms with Gasteiger partial charge in [0, 0.05) is 13.0 Å². The molecule has 1 aromatic rings. The first-order chi connectivity index (χ1) is 9.39. The minimum Gasteiger partial charge on any atom is -0.481 e. The summed E-state index contributed by atoms with van der Waals surface area (Å²) in [6.45, 7) is 4.23. The molecule has 2 N–H and O–H groups in total. The molecule has 1 aliphatic heterocycles. The van der Waals surface area contributed by atoms with Crippen molar-refractivity contribution in [3.63, 3.8) is 0 Å². The average molecular weight is 281 g/mol. The van der Waals surface area contributed by atoms with Gasteiger partial charge >= 0.3 is 5.97 Å². The highest BCUT2D eigenvalue weighted by molar-refractivity contribution is 5.78. The standard InChI is InChI=1S/C12H19N5O3/c1-12(2,7-10(19)20)6-9(18)17-5-3-4-8(17)11-13-15-16-14-11/h8H,3-7H2,1-2H3,(H,19,20)(H,13,14,15,16). The van der Waals surface area contributed by atoms with Crippen LogP contribution in [0.1, 0.15) is 51.4 Å². The van der Waals surface area contributed by atoms with Crippen LogP contribution in [0.5, 0.6) is 0 Å². The smallest absolute Gasteiger partial charge is 0.303 e. The first-order valence-electron chi connectivity index (χ1n) is 6.64. The van der Waals surface area contributed by atoms with Crippen molar-refractivity contribution >= 4 is 11.9 Å². The molecule has 8 nitrogen and oxygen atoms in total. The third-order valence-corrected chi connectivity index (χ3v) is 3.49. The molecule has 1 unspecified atom stereocenters. The van der Waals surface area contributed by atoms with Gasteiger partial charge in [0.15, 0.2) is 5.82 Å². The molecule has 110 valence electrons. The van der Waals surface area contributed by atoms with Gasteiger partial charge in [-0.15, -0.1) is 10.2 Å². The van der Waals surface area contributed by atoms with Crippen molar-refractivity contribution in [1.29, 1.82) is 0 Å². The summed E-state index contributed by atoms with van der Waals surface area (Å²) in [4.78, 5) is 24.9. The van der Waals surface area contributed by atoms with Crippen LogP contribution in [0.4, 0.5) is 0 Å². The van der Waals surface area contributed by atoms with Crippen molar-refractivity contribution in [3.05, 3.63) is 5.82 Å². The van der Waals surface area contributed by atoms with Crippen LogP contribution in [0.25, 0.3) is 0 Å². The zero-order valence-electron chi connectivity index (χ0n) is 11.7. The van der Waals surface area contributed by atoms with E-state index in [4.69, 9.17) is 5.11 Å². The second-order valence-corrected chi connectivity index (χ2v) is 5.93. The molecule has 2 heterocycles. The molecule has 0 saturated carbocycles. The third-order valence-electron chi connectivity index (χ3n) is 3.49. The number of rotatable bonds is 5. The summed E-state index contributed by atoms with van der Waals surface area (Å²) < 4.78 is 0. The quantitative estimate of drug-likeness (QED) is 0.823. The van der Waals surface area contributed by atoms with Crippen molar-refractivity contribution in [2.24, 2.45) is 5.41 Å². The van der Waals surface area contributed by atoms with E-state index in [1.807, 2.05) is 0 Å². The first-order valence-corrected chi connectivity index (χ1v) is 6.64. The second-order valence-electron chi connectivity index (χ2n) is 5.93. The fraction of sp³-hybridized carbons (Fsp3) is 0.750. The maximum absolute atomic E-state index is 12.4. The maximum atomic E-state index is 12.4. The molecule has 0 aromatic carbocycles. The summed E-state index contributed by atoms with van der Waals surface area (Å²) in [5.74, 6) is -0.422. The molecule has 1 fully saturated rings. The van der Waals surface area contributed by atoms with Gasteiger partial charge in [0.2, 0.25) is 5.91 Å². The lowest BCUT2D eigenvalue weighted by Crippen LogP contribution is -2.35. The van der Waals surface area contributed by atoms with E-state index in [1.54, 1.807) is 18.7 Å². The molecule has 8 heteroatoms. The Labute approximate surface area is 116 Å². The molecule has 2 rings (SSSR count). The van der Waals surface area contributed by atoms with Crippen LogP contribution >= 0.6 is 0 Å². The molecular weight excluding hydrogens is 262 g/mol. The number of aromatic nitrogens is 4. The van der Waals surface area contributed by atoms with Gasteiger partial charge in [0.05, 0.1) is 12.5 Å². The Balaban J connectivity index is 2.03. The number of carbonyl (C=O) groups is 2. The van der Waals surface area contributed by atoms with E-state index in [2.05, 4.69) is 20.6 Å². The number of nitrogens with one attached hydrogen (secondary N) is 1. The highest BCUT2D eigenvalue weighted by Gasteiger charge is 2.35. The number of carbonyl (C=O) groups excluding carboxylic acids is 1. The lowest BCUT2D eigenvalue weighted by molar-refractivity contribution is -0.141. The average Bonchev–Trinajstić information content (AvgIpc) is 2.97. The van der Waals surface area contributed by atoms with Crippen molar-refractivity contribution in [2.75, 3.05) is 6.54 Å². The number of tetrazole rings is 1. The van der Waals surface area contributed by atoms with Gasteiger partial charge in [-0.3, -0.25) is 9.59 Å². The molecule has 20 heavy (non-hydrogen) atoms. The van der Waals surface area contributed by atoms with E-state index in [0.717, 1.165) is 12.8 Å². The van der Waals surface area contributed by atoms with Gasteiger partial charge in [0.1, 0.15) is 0 Å². The number of carboxylic acids is 1. The summed E-state index contributed by atoms with van der Waals surface area (Å²) in [7, 11) is 0. The van der Waals surface area contributed by atoms with E-state index in [-0.39, 0.29) is 24.8 Å². The minimum absolute atomic E-state index is 0.0283. The minimum atomic E-state index is -0.890. The molecule has 1 amide bonds. The molecule has 1 saturated heterocycles. The fourth-order valence-electron chi connectivity index (χ4n) is 2.63. The topological polar surface area (TPSA) is 112 Å². The van der Waals surface area contributed by atoms with Crippen molar-refractivity contribution < 1.29 is 14.7 Å². The monoisotopic (exact) mass is 281 g/mol. The van der Waals surface area contributed by atoms with E-state index < -0.39 is 11.4 Å². The maximum Gasteiger partial charge on any atom is 0.303 e. The number of likely N-dealkylation sites (tertiary alicyclic amines) is 1. The van der Waals surface area contributed by atoms with Gasteiger partial charge in [-0.1, -0.05) is 19.1 Å². The number of amides is 1. The van der Waals surface area contributed by atoms with Gasteiger partial charge in [-0.25, -0.2) is 0 Å². The van der Waals surface area contributed by atoms with Gasteiger partial charge in [-0.05, 0) is 18.3 Å². The molecule has 1 atom stereocenters. The van der Waals surface area contributed by atoms with Crippen LogP contribution in [0, 0.1) is 5.41 Å². The number of carboxylic acid groups (broad SMARTS) is 1. The fourth-order valence-corrected chi connectivity index (χ4v) is 2.63. The van der Waals surface area contributed by atoms with Crippen LogP contribution in [0.15, 0.2) is 0 Å². The van der Waals surface area contributed by atoms with E-state index in [9.17, 15) is 9.59 Å². The Morgan fingerprint density at radius 1 is 1.45 bits per heavy atom. The van der Waals surface area contributed by atoms with Crippen LogP contribution in [-0.4, -0.2) is 49.1 Å². The summed E-state index contributed by atoms with van der Waals surface area (Å²) in [6.07, 6.45) is 1.88. The normalized spacial score (nSPS) is 19.3.